The van der Waals surface area contributed by atoms with Crippen LogP contribution in [-0.2, 0) is 11.2 Å². The minimum absolute atomic E-state index is 0.122. The summed E-state index contributed by atoms with van der Waals surface area (Å²) in [4.78, 5) is 11.3. The van der Waals surface area contributed by atoms with Crippen molar-refractivity contribution in [3.05, 3.63) is 64.0 Å². The number of nitrogens with zero attached hydrogens (tertiary/aromatic N) is 1. The Morgan fingerprint density at radius 2 is 2.00 bits per heavy atom. The van der Waals surface area contributed by atoms with E-state index in [9.17, 15) is 9.90 Å². The first-order valence-electron chi connectivity index (χ1n) is 8.01. The standard InChI is InChI=1S/C19H16Cl2N2O4/c1-22-19(25)10-26-13-6-16(20)15(17(21)7-13)5-11-2-3-18(24)14(4-11)12-8-23-27-9-12/h2-4,6-9,24H,5,10H2,1H3,(H,22,25). The Labute approximate surface area is 165 Å². The molecule has 140 valence electrons. The van der Waals surface area contributed by atoms with Crippen LogP contribution in [0, 0.1) is 0 Å². The van der Waals surface area contributed by atoms with Gasteiger partial charge in [-0.25, -0.2) is 0 Å². The SMILES string of the molecule is CNC(=O)COc1cc(Cl)c(Cc2ccc(O)c(-c3cnoc3)c2)c(Cl)c1. The molecule has 6 nitrogen and oxygen atoms in total. The molecule has 0 saturated carbocycles. The minimum atomic E-state index is -0.253. The summed E-state index contributed by atoms with van der Waals surface area (Å²) in [7, 11) is 1.53. The maximum atomic E-state index is 11.3. The van der Waals surface area contributed by atoms with Gasteiger partial charge in [-0.2, -0.15) is 0 Å². The largest absolute Gasteiger partial charge is 0.507 e. The molecule has 1 amide bonds. The normalized spacial score (nSPS) is 10.6. The second kappa shape index (κ2) is 8.33. The van der Waals surface area contributed by atoms with Crippen LogP contribution >= 0.6 is 23.2 Å². The summed E-state index contributed by atoms with van der Waals surface area (Å²) >= 11 is 12.7. The van der Waals surface area contributed by atoms with E-state index >= 15 is 0 Å². The monoisotopic (exact) mass is 406 g/mol. The molecule has 0 unspecified atom stereocenters. The summed E-state index contributed by atoms with van der Waals surface area (Å²) in [5.41, 5.74) is 2.88. The number of likely N-dealkylation sites (N-methyl/N-ethyl adjacent to an activating group) is 1. The first-order valence-corrected chi connectivity index (χ1v) is 8.76. The predicted octanol–water partition coefficient (Wildman–Crippen LogP) is 4.07. The van der Waals surface area contributed by atoms with Crippen molar-refractivity contribution in [2.75, 3.05) is 13.7 Å². The van der Waals surface area contributed by atoms with E-state index in [-0.39, 0.29) is 18.3 Å². The Balaban J connectivity index is 1.83. The number of halogens is 2. The lowest BCUT2D eigenvalue weighted by molar-refractivity contribution is -0.122. The van der Waals surface area contributed by atoms with Crippen molar-refractivity contribution in [1.82, 2.24) is 10.5 Å². The third-order valence-corrected chi connectivity index (χ3v) is 4.62. The predicted molar refractivity (Wildman–Crippen MR) is 102 cm³/mol. The van der Waals surface area contributed by atoms with Crippen LogP contribution in [0.15, 0.2) is 47.3 Å². The van der Waals surface area contributed by atoms with Crippen molar-refractivity contribution in [1.29, 1.82) is 0 Å². The van der Waals surface area contributed by atoms with Gasteiger partial charge in [-0.15, -0.1) is 0 Å². The molecule has 0 radical (unpaired) electrons. The zero-order valence-corrected chi connectivity index (χ0v) is 15.8. The van der Waals surface area contributed by atoms with Gasteiger partial charge in [0.1, 0.15) is 17.8 Å². The number of hydrogen-bond acceptors (Lipinski definition) is 5. The third kappa shape index (κ3) is 4.53. The van der Waals surface area contributed by atoms with Gasteiger partial charge in [-0.05, 0) is 35.4 Å². The highest BCUT2D eigenvalue weighted by Gasteiger charge is 2.13. The molecule has 0 spiro atoms. The zero-order valence-electron chi connectivity index (χ0n) is 14.3. The summed E-state index contributed by atoms with van der Waals surface area (Å²) in [6, 6.07) is 8.44. The number of rotatable bonds is 6. The highest BCUT2D eigenvalue weighted by atomic mass is 35.5. The van der Waals surface area contributed by atoms with Crippen molar-refractivity contribution in [3.8, 4) is 22.6 Å². The van der Waals surface area contributed by atoms with E-state index in [1.54, 1.807) is 24.3 Å². The third-order valence-electron chi connectivity index (χ3n) is 3.95. The molecule has 0 aliphatic heterocycles. The molecule has 3 aromatic rings. The van der Waals surface area contributed by atoms with Crippen LogP contribution in [0.1, 0.15) is 11.1 Å². The van der Waals surface area contributed by atoms with Crippen molar-refractivity contribution >= 4 is 29.1 Å². The first kappa shape index (κ1) is 19.1. The van der Waals surface area contributed by atoms with Crippen molar-refractivity contribution in [2.45, 2.75) is 6.42 Å². The van der Waals surface area contributed by atoms with Gasteiger partial charge in [-0.1, -0.05) is 34.4 Å². The van der Waals surface area contributed by atoms with Crippen molar-refractivity contribution in [2.24, 2.45) is 0 Å². The number of carbonyl (C=O) groups excluding carboxylic acids is 1. The molecule has 2 aromatic carbocycles. The minimum Gasteiger partial charge on any atom is -0.507 e. The number of ether oxygens (including phenoxy) is 1. The van der Waals surface area contributed by atoms with Crippen LogP contribution in [0.3, 0.4) is 0 Å². The van der Waals surface area contributed by atoms with Gasteiger partial charge >= 0.3 is 0 Å². The molecule has 0 atom stereocenters. The van der Waals surface area contributed by atoms with Crippen LogP contribution in [0.25, 0.3) is 11.1 Å². The molecule has 2 N–H and O–H groups in total. The van der Waals surface area contributed by atoms with Gasteiger partial charge < -0.3 is 19.7 Å². The highest BCUT2D eigenvalue weighted by molar-refractivity contribution is 6.36. The summed E-state index contributed by atoms with van der Waals surface area (Å²) in [6.45, 7) is -0.122. The fraction of sp³-hybridized carbons (Fsp3) is 0.158. The van der Waals surface area contributed by atoms with Gasteiger partial charge in [0.25, 0.3) is 5.91 Å². The Hall–Kier alpha value is -2.70. The average molecular weight is 407 g/mol. The van der Waals surface area contributed by atoms with E-state index < -0.39 is 0 Å². The quantitative estimate of drug-likeness (QED) is 0.644. The maximum Gasteiger partial charge on any atom is 0.257 e. The van der Waals surface area contributed by atoms with Gasteiger partial charge in [0, 0.05) is 34.6 Å². The van der Waals surface area contributed by atoms with Crippen LogP contribution in [-0.4, -0.2) is 29.8 Å². The molecule has 1 aromatic heterocycles. The number of benzene rings is 2. The molecule has 0 saturated heterocycles. The van der Waals surface area contributed by atoms with Crippen molar-refractivity contribution in [3.63, 3.8) is 0 Å². The lowest BCUT2D eigenvalue weighted by atomic mass is 9.99. The van der Waals surface area contributed by atoms with Gasteiger partial charge in [0.15, 0.2) is 6.61 Å². The Bertz CT molecular complexity index is 935. The molecule has 3 rings (SSSR count). The van der Waals surface area contributed by atoms with Crippen LogP contribution < -0.4 is 10.1 Å². The Morgan fingerprint density at radius 3 is 2.63 bits per heavy atom. The van der Waals surface area contributed by atoms with E-state index in [0.717, 1.165) is 5.56 Å². The second-order valence-corrected chi connectivity index (χ2v) is 6.58. The summed E-state index contributed by atoms with van der Waals surface area (Å²) in [5.74, 6) is 0.280. The van der Waals surface area contributed by atoms with E-state index in [4.69, 9.17) is 32.5 Å². The lowest BCUT2D eigenvalue weighted by Gasteiger charge is -2.12. The number of aromatic nitrogens is 1. The summed E-state index contributed by atoms with van der Waals surface area (Å²) in [6.07, 6.45) is 3.43. The molecule has 0 fully saturated rings. The molecule has 1 heterocycles. The Kier molecular flexibility index (Phi) is 5.88. The van der Waals surface area contributed by atoms with Gasteiger partial charge in [0.05, 0.1) is 6.20 Å². The number of phenolic OH excluding ortho intramolecular Hbond substituents is 1. The number of hydrogen-bond donors (Lipinski definition) is 2. The highest BCUT2D eigenvalue weighted by Crippen LogP contribution is 2.34. The lowest BCUT2D eigenvalue weighted by Crippen LogP contribution is -2.24. The molecule has 8 heteroatoms. The molecule has 0 aliphatic carbocycles. The summed E-state index contributed by atoms with van der Waals surface area (Å²) < 4.78 is 10.2. The maximum absolute atomic E-state index is 11.3. The molecule has 0 aliphatic rings. The number of aromatic hydroxyl groups is 1. The van der Waals surface area contributed by atoms with E-state index in [1.165, 1.54) is 19.5 Å². The topological polar surface area (TPSA) is 84.6 Å². The number of carbonyl (C=O) groups is 1. The smallest absolute Gasteiger partial charge is 0.257 e. The number of nitrogens with one attached hydrogen (secondary N) is 1. The fourth-order valence-electron chi connectivity index (χ4n) is 2.52. The van der Waals surface area contributed by atoms with E-state index in [0.29, 0.717) is 38.9 Å². The molecule has 0 bridgehead atoms. The van der Waals surface area contributed by atoms with Crippen LogP contribution in [0.5, 0.6) is 11.5 Å². The zero-order chi connectivity index (χ0) is 19.4. The van der Waals surface area contributed by atoms with E-state index in [2.05, 4.69) is 10.5 Å². The molecule has 27 heavy (non-hydrogen) atoms. The first-order chi connectivity index (χ1) is 13.0. The second-order valence-electron chi connectivity index (χ2n) is 5.77. The van der Waals surface area contributed by atoms with Gasteiger partial charge in [-0.3, -0.25) is 4.79 Å². The van der Waals surface area contributed by atoms with E-state index in [1.807, 2.05) is 6.07 Å². The van der Waals surface area contributed by atoms with Gasteiger partial charge in [0.2, 0.25) is 0 Å². The molecular weight excluding hydrogens is 391 g/mol. The van der Waals surface area contributed by atoms with Crippen LogP contribution in [0.2, 0.25) is 10.0 Å². The fourth-order valence-corrected chi connectivity index (χ4v) is 3.12. The number of phenols is 1. The molecular formula is C19H16Cl2N2O4. The van der Waals surface area contributed by atoms with Crippen molar-refractivity contribution < 1.29 is 19.2 Å². The van der Waals surface area contributed by atoms with Crippen LogP contribution in [0.4, 0.5) is 0 Å². The summed E-state index contributed by atoms with van der Waals surface area (Å²) in [5, 5.41) is 17.0. The average Bonchev–Trinajstić information content (AvgIpc) is 3.18. The Morgan fingerprint density at radius 1 is 1.26 bits per heavy atom. The number of amides is 1.